The van der Waals surface area contributed by atoms with E-state index >= 15 is 0 Å². The van der Waals surface area contributed by atoms with Gasteiger partial charge < -0.3 is 15.0 Å². The number of carbonyl (C=O) groups is 1. The topological polar surface area (TPSA) is 67.0 Å². The molecule has 0 bridgehead atoms. The van der Waals surface area contributed by atoms with Crippen LogP contribution in [0.15, 0.2) is 59.8 Å². The van der Waals surface area contributed by atoms with Crippen LogP contribution < -0.4 is 10.1 Å². The van der Waals surface area contributed by atoms with Gasteiger partial charge in [0.15, 0.2) is 5.16 Å². The Morgan fingerprint density at radius 3 is 2.55 bits per heavy atom. The molecular weight excluding hydrogens is 382 g/mol. The largest absolute Gasteiger partial charge is 0.496 e. The Kier molecular flexibility index (Phi) is 6.99. The lowest BCUT2D eigenvalue weighted by Crippen LogP contribution is -2.33. The zero-order valence-corrected chi connectivity index (χ0v) is 18.0. The van der Waals surface area contributed by atoms with Crippen molar-refractivity contribution in [3.05, 3.63) is 77.1 Å². The van der Waals surface area contributed by atoms with E-state index in [1.54, 1.807) is 7.11 Å². The number of H-pyrrole nitrogens is 1. The molecule has 2 N–H and O–H groups in total. The molecule has 0 aliphatic heterocycles. The predicted octanol–water partition coefficient (Wildman–Crippen LogP) is 4.68. The van der Waals surface area contributed by atoms with Gasteiger partial charge in [0.2, 0.25) is 5.91 Å². The van der Waals surface area contributed by atoms with Gasteiger partial charge in [0.05, 0.1) is 24.1 Å². The first-order valence-electron chi connectivity index (χ1n) is 9.67. The summed E-state index contributed by atoms with van der Waals surface area (Å²) in [5.74, 6) is 0.736. The van der Waals surface area contributed by atoms with Crippen molar-refractivity contribution < 1.29 is 9.53 Å². The maximum atomic E-state index is 12.7. The minimum atomic E-state index is -0.276. The molecule has 1 aromatic heterocycles. The number of thioether (sulfide) groups is 1. The van der Waals surface area contributed by atoms with Crippen LogP contribution in [-0.2, 0) is 11.2 Å². The van der Waals surface area contributed by atoms with Crippen molar-refractivity contribution in [3.8, 4) is 5.75 Å². The van der Waals surface area contributed by atoms with E-state index in [0.29, 0.717) is 0 Å². The number of rotatable bonds is 8. The van der Waals surface area contributed by atoms with Gasteiger partial charge in [0.25, 0.3) is 0 Å². The first-order valence-corrected chi connectivity index (χ1v) is 10.5. The van der Waals surface area contributed by atoms with E-state index in [-0.39, 0.29) is 17.2 Å². The highest BCUT2D eigenvalue weighted by atomic mass is 32.2. The molecule has 0 saturated carbocycles. The van der Waals surface area contributed by atoms with Crippen molar-refractivity contribution >= 4 is 17.7 Å². The summed E-state index contributed by atoms with van der Waals surface area (Å²) in [6.45, 7) is 5.87. The molecule has 1 amide bonds. The molecule has 1 heterocycles. The molecule has 2 atom stereocenters. The number of aromatic amines is 1. The standard InChI is InChI=1S/C23H27N3O2S/c1-15(19-12-8-9-13-21(19)28-4)24-22(27)17(3)29-23-25-16(2)20(26-23)14-18-10-6-5-7-11-18/h5-13,15,17H,14H2,1-4H3,(H,24,27)(H,25,26). The lowest BCUT2D eigenvalue weighted by atomic mass is 10.1. The van der Waals surface area contributed by atoms with Gasteiger partial charge >= 0.3 is 0 Å². The molecule has 3 aromatic rings. The number of benzene rings is 2. The van der Waals surface area contributed by atoms with Crippen LogP contribution in [0.2, 0.25) is 0 Å². The summed E-state index contributed by atoms with van der Waals surface area (Å²) in [7, 11) is 1.64. The van der Waals surface area contributed by atoms with E-state index in [1.807, 2.05) is 63.2 Å². The first kappa shape index (κ1) is 21.0. The van der Waals surface area contributed by atoms with Crippen molar-refractivity contribution in [1.82, 2.24) is 15.3 Å². The smallest absolute Gasteiger partial charge is 0.233 e. The SMILES string of the molecule is COc1ccccc1C(C)NC(=O)C(C)Sc1nc(Cc2ccccc2)c(C)[nH]1. The number of aryl methyl sites for hydroxylation is 1. The Morgan fingerprint density at radius 2 is 1.83 bits per heavy atom. The highest BCUT2D eigenvalue weighted by Gasteiger charge is 2.21. The van der Waals surface area contributed by atoms with Crippen LogP contribution in [0.4, 0.5) is 0 Å². The number of methoxy groups -OCH3 is 1. The third-order valence-corrected chi connectivity index (χ3v) is 5.78. The van der Waals surface area contributed by atoms with Gasteiger partial charge in [0, 0.05) is 17.7 Å². The number of hydrogen-bond acceptors (Lipinski definition) is 4. The maximum absolute atomic E-state index is 12.7. The molecule has 2 aromatic carbocycles. The lowest BCUT2D eigenvalue weighted by molar-refractivity contribution is -0.120. The average molecular weight is 410 g/mol. The summed E-state index contributed by atoms with van der Waals surface area (Å²) in [5.41, 5.74) is 4.22. The summed E-state index contributed by atoms with van der Waals surface area (Å²) in [5, 5.41) is 3.56. The summed E-state index contributed by atoms with van der Waals surface area (Å²) in [6, 6.07) is 17.8. The Labute approximate surface area is 176 Å². The normalized spacial score (nSPS) is 13.0. The van der Waals surface area contributed by atoms with Crippen molar-refractivity contribution in [2.24, 2.45) is 0 Å². The summed E-state index contributed by atoms with van der Waals surface area (Å²) in [4.78, 5) is 20.7. The molecule has 3 rings (SSSR count). The van der Waals surface area contributed by atoms with Crippen LogP contribution in [0, 0.1) is 6.92 Å². The fraction of sp³-hybridized carbons (Fsp3) is 0.304. The zero-order chi connectivity index (χ0) is 20.8. The fourth-order valence-electron chi connectivity index (χ4n) is 3.14. The number of nitrogens with one attached hydrogen (secondary N) is 2. The van der Waals surface area contributed by atoms with E-state index in [2.05, 4.69) is 22.4 Å². The molecule has 29 heavy (non-hydrogen) atoms. The van der Waals surface area contributed by atoms with Crippen molar-refractivity contribution in [2.75, 3.05) is 7.11 Å². The molecule has 152 valence electrons. The van der Waals surface area contributed by atoms with Gasteiger partial charge in [0.1, 0.15) is 5.75 Å². The van der Waals surface area contributed by atoms with E-state index in [0.717, 1.165) is 34.3 Å². The van der Waals surface area contributed by atoms with Crippen LogP contribution in [-0.4, -0.2) is 28.2 Å². The molecule has 0 fully saturated rings. The molecule has 0 spiro atoms. The van der Waals surface area contributed by atoms with Crippen molar-refractivity contribution in [2.45, 2.75) is 43.6 Å². The molecule has 0 saturated heterocycles. The Bertz CT molecular complexity index is 956. The Balaban J connectivity index is 1.61. The van der Waals surface area contributed by atoms with Crippen LogP contribution in [0.5, 0.6) is 5.75 Å². The molecule has 0 aliphatic carbocycles. The van der Waals surface area contributed by atoms with Gasteiger partial charge in [-0.3, -0.25) is 4.79 Å². The highest BCUT2D eigenvalue weighted by Crippen LogP contribution is 2.26. The second-order valence-corrected chi connectivity index (χ2v) is 8.34. The number of imidazole rings is 1. The number of ether oxygens (including phenoxy) is 1. The second kappa shape index (κ2) is 9.65. The Hall–Kier alpha value is -2.73. The molecule has 0 aliphatic rings. The highest BCUT2D eigenvalue weighted by molar-refractivity contribution is 8.00. The third-order valence-electron chi connectivity index (χ3n) is 4.80. The molecule has 0 radical (unpaired) electrons. The minimum absolute atomic E-state index is 0.0351. The average Bonchev–Trinajstić information content (AvgIpc) is 3.07. The van der Waals surface area contributed by atoms with E-state index < -0.39 is 0 Å². The third kappa shape index (κ3) is 5.41. The fourth-order valence-corrected chi connectivity index (χ4v) is 4.02. The van der Waals surface area contributed by atoms with E-state index in [9.17, 15) is 4.79 Å². The maximum Gasteiger partial charge on any atom is 0.233 e. The quantitative estimate of drug-likeness (QED) is 0.530. The number of carbonyl (C=O) groups excluding carboxylic acids is 1. The van der Waals surface area contributed by atoms with Crippen LogP contribution >= 0.6 is 11.8 Å². The summed E-state index contributed by atoms with van der Waals surface area (Å²) < 4.78 is 5.40. The van der Waals surface area contributed by atoms with Gasteiger partial charge in [-0.05, 0) is 32.4 Å². The van der Waals surface area contributed by atoms with Crippen molar-refractivity contribution in [1.29, 1.82) is 0 Å². The van der Waals surface area contributed by atoms with Crippen LogP contribution in [0.25, 0.3) is 0 Å². The molecule has 2 unspecified atom stereocenters. The van der Waals surface area contributed by atoms with Crippen LogP contribution in [0.1, 0.15) is 42.4 Å². The molecule has 5 nitrogen and oxygen atoms in total. The predicted molar refractivity (Wildman–Crippen MR) is 117 cm³/mol. The summed E-state index contributed by atoms with van der Waals surface area (Å²) in [6.07, 6.45) is 0.773. The first-order chi connectivity index (χ1) is 14.0. The molecule has 6 heteroatoms. The van der Waals surface area contributed by atoms with Crippen LogP contribution in [0.3, 0.4) is 0 Å². The molecular formula is C23H27N3O2S. The number of para-hydroxylation sites is 1. The number of amides is 1. The minimum Gasteiger partial charge on any atom is -0.496 e. The Morgan fingerprint density at radius 1 is 1.14 bits per heavy atom. The van der Waals surface area contributed by atoms with E-state index in [1.165, 1.54) is 17.3 Å². The second-order valence-electron chi connectivity index (χ2n) is 7.01. The monoisotopic (exact) mass is 409 g/mol. The van der Waals surface area contributed by atoms with Gasteiger partial charge in [-0.15, -0.1) is 0 Å². The number of nitrogens with zero attached hydrogens (tertiary/aromatic N) is 1. The van der Waals surface area contributed by atoms with Gasteiger partial charge in [-0.2, -0.15) is 0 Å². The summed E-state index contributed by atoms with van der Waals surface area (Å²) >= 11 is 1.43. The van der Waals surface area contributed by atoms with E-state index in [4.69, 9.17) is 9.72 Å². The zero-order valence-electron chi connectivity index (χ0n) is 17.2. The number of aromatic nitrogens is 2. The lowest BCUT2D eigenvalue weighted by Gasteiger charge is -2.19. The number of hydrogen-bond donors (Lipinski definition) is 2. The van der Waals surface area contributed by atoms with Gasteiger partial charge in [-0.25, -0.2) is 4.98 Å². The van der Waals surface area contributed by atoms with Gasteiger partial charge in [-0.1, -0.05) is 60.3 Å². The van der Waals surface area contributed by atoms with Crippen molar-refractivity contribution in [3.63, 3.8) is 0 Å².